The van der Waals surface area contributed by atoms with E-state index in [-0.39, 0.29) is 6.61 Å². The lowest BCUT2D eigenvalue weighted by Gasteiger charge is -2.00. The van der Waals surface area contributed by atoms with E-state index in [0.29, 0.717) is 41.0 Å². The Labute approximate surface area is 115 Å². The Kier molecular flexibility index (Phi) is 4.58. The molecule has 0 aliphatic heterocycles. The molecule has 1 heterocycles. The van der Waals surface area contributed by atoms with E-state index in [1.54, 1.807) is 12.1 Å². The summed E-state index contributed by atoms with van der Waals surface area (Å²) in [6, 6.07) is 5.30. The van der Waals surface area contributed by atoms with Gasteiger partial charge in [0.25, 0.3) is 0 Å². The molecule has 0 saturated heterocycles. The molecule has 0 spiro atoms. The van der Waals surface area contributed by atoms with Gasteiger partial charge in [-0.05, 0) is 24.1 Å². The third-order valence-corrected chi connectivity index (χ3v) is 3.01. The van der Waals surface area contributed by atoms with Gasteiger partial charge in [0.1, 0.15) is 0 Å². The average Bonchev–Trinajstić information content (AvgIpc) is 2.78. The van der Waals surface area contributed by atoms with Crippen LogP contribution in [0.15, 0.2) is 22.7 Å². The number of rotatable bonds is 5. The summed E-state index contributed by atoms with van der Waals surface area (Å²) in [5, 5.41) is 13.8. The Balaban J connectivity index is 2.06. The molecule has 0 unspecified atom stereocenters. The predicted molar refractivity (Wildman–Crippen MR) is 69.0 cm³/mol. The zero-order valence-corrected chi connectivity index (χ0v) is 11.1. The number of aliphatic hydroxyl groups is 1. The third-order valence-electron chi connectivity index (χ3n) is 2.42. The van der Waals surface area contributed by atoms with E-state index in [4.69, 9.17) is 32.8 Å². The van der Waals surface area contributed by atoms with Crippen molar-refractivity contribution in [1.29, 1.82) is 0 Å². The van der Waals surface area contributed by atoms with Gasteiger partial charge in [0, 0.05) is 29.5 Å². The lowest BCUT2D eigenvalue weighted by molar-refractivity contribution is 0.278. The molecule has 4 nitrogen and oxygen atoms in total. The molecular formula is C12H12Cl2N2O2. The maximum Gasteiger partial charge on any atom is 0.226 e. The predicted octanol–water partition coefficient (Wildman–Crippen LogP) is 2.89. The minimum absolute atomic E-state index is 0.112. The first-order valence-electron chi connectivity index (χ1n) is 5.55. The highest BCUT2D eigenvalue weighted by atomic mass is 35.5. The van der Waals surface area contributed by atoms with Crippen LogP contribution in [0.4, 0.5) is 0 Å². The van der Waals surface area contributed by atoms with Crippen LogP contribution in [0.3, 0.4) is 0 Å². The second-order valence-electron chi connectivity index (χ2n) is 3.84. The summed E-state index contributed by atoms with van der Waals surface area (Å²) >= 11 is 11.9. The van der Waals surface area contributed by atoms with Crippen LogP contribution < -0.4 is 0 Å². The molecule has 6 heteroatoms. The maximum atomic E-state index is 8.71. The van der Waals surface area contributed by atoms with Gasteiger partial charge in [-0.3, -0.25) is 0 Å². The van der Waals surface area contributed by atoms with Crippen molar-refractivity contribution in [3.05, 3.63) is 45.5 Å². The SMILES string of the molecule is OCCCc1nc(Cc2ccc(Cl)cc2Cl)no1. The summed E-state index contributed by atoms with van der Waals surface area (Å²) < 4.78 is 5.06. The number of hydrogen-bond donors (Lipinski definition) is 1. The number of benzene rings is 1. The zero-order valence-electron chi connectivity index (χ0n) is 9.57. The highest BCUT2D eigenvalue weighted by molar-refractivity contribution is 6.35. The highest BCUT2D eigenvalue weighted by Crippen LogP contribution is 2.22. The first kappa shape index (κ1) is 13.3. The van der Waals surface area contributed by atoms with Crippen LogP contribution in [0.2, 0.25) is 10.0 Å². The smallest absolute Gasteiger partial charge is 0.226 e. The Morgan fingerprint density at radius 3 is 2.83 bits per heavy atom. The van der Waals surface area contributed by atoms with Crippen molar-refractivity contribution in [3.8, 4) is 0 Å². The molecule has 1 aromatic carbocycles. The van der Waals surface area contributed by atoms with Crippen molar-refractivity contribution in [3.63, 3.8) is 0 Å². The average molecular weight is 287 g/mol. The number of halogens is 2. The number of aromatic nitrogens is 2. The van der Waals surface area contributed by atoms with Crippen LogP contribution in [-0.4, -0.2) is 21.9 Å². The van der Waals surface area contributed by atoms with Crippen LogP contribution in [0.5, 0.6) is 0 Å². The molecule has 18 heavy (non-hydrogen) atoms. The minimum atomic E-state index is 0.112. The number of aryl methyl sites for hydroxylation is 1. The van der Waals surface area contributed by atoms with Crippen LogP contribution in [-0.2, 0) is 12.8 Å². The molecule has 0 amide bonds. The van der Waals surface area contributed by atoms with Crippen LogP contribution in [0.25, 0.3) is 0 Å². The molecule has 0 bridgehead atoms. The third kappa shape index (κ3) is 3.45. The summed E-state index contributed by atoms with van der Waals surface area (Å²) in [4.78, 5) is 4.23. The molecule has 2 aromatic rings. The van der Waals surface area contributed by atoms with Crippen LogP contribution >= 0.6 is 23.2 Å². The topological polar surface area (TPSA) is 59.2 Å². The minimum Gasteiger partial charge on any atom is -0.396 e. The van der Waals surface area contributed by atoms with Crippen molar-refractivity contribution in [1.82, 2.24) is 10.1 Å². The van der Waals surface area contributed by atoms with Gasteiger partial charge in [0.15, 0.2) is 5.82 Å². The van der Waals surface area contributed by atoms with Crippen LogP contribution in [0.1, 0.15) is 23.7 Å². The molecule has 1 N–H and O–H groups in total. The fourth-order valence-corrected chi connectivity index (χ4v) is 2.00. The number of nitrogens with zero attached hydrogens (tertiary/aromatic N) is 2. The second kappa shape index (κ2) is 6.18. The van der Waals surface area contributed by atoms with Crippen molar-refractivity contribution in [2.45, 2.75) is 19.3 Å². The molecule has 0 saturated carbocycles. The summed E-state index contributed by atoms with van der Waals surface area (Å²) in [6.07, 6.45) is 1.69. The van der Waals surface area contributed by atoms with Gasteiger partial charge in [-0.15, -0.1) is 0 Å². The quantitative estimate of drug-likeness (QED) is 0.918. The molecule has 96 valence electrons. The van der Waals surface area contributed by atoms with Gasteiger partial charge in [0.2, 0.25) is 5.89 Å². The van der Waals surface area contributed by atoms with Gasteiger partial charge < -0.3 is 9.63 Å². The molecule has 0 fully saturated rings. The van der Waals surface area contributed by atoms with E-state index >= 15 is 0 Å². The molecule has 1 aromatic heterocycles. The lowest BCUT2D eigenvalue weighted by atomic mass is 10.1. The van der Waals surface area contributed by atoms with Gasteiger partial charge in [-0.2, -0.15) is 4.98 Å². The Morgan fingerprint density at radius 1 is 1.28 bits per heavy atom. The normalized spacial score (nSPS) is 10.8. The van der Waals surface area contributed by atoms with E-state index in [9.17, 15) is 0 Å². The van der Waals surface area contributed by atoms with Crippen molar-refractivity contribution < 1.29 is 9.63 Å². The molecule has 0 atom stereocenters. The molecule has 0 aliphatic carbocycles. The first-order chi connectivity index (χ1) is 8.69. The van der Waals surface area contributed by atoms with Gasteiger partial charge in [-0.1, -0.05) is 34.4 Å². The van der Waals surface area contributed by atoms with E-state index in [2.05, 4.69) is 10.1 Å². The van der Waals surface area contributed by atoms with Gasteiger partial charge >= 0.3 is 0 Å². The van der Waals surface area contributed by atoms with Crippen LogP contribution in [0, 0.1) is 0 Å². The largest absolute Gasteiger partial charge is 0.396 e. The lowest BCUT2D eigenvalue weighted by Crippen LogP contribution is -1.93. The Hall–Kier alpha value is -1.10. The van der Waals surface area contributed by atoms with E-state index < -0.39 is 0 Å². The monoisotopic (exact) mass is 286 g/mol. The standard InChI is InChI=1S/C12H12Cl2N2O2/c13-9-4-3-8(10(14)7-9)6-11-15-12(18-16-11)2-1-5-17/h3-4,7,17H,1-2,5-6H2. The van der Waals surface area contributed by atoms with E-state index in [1.807, 2.05) is 6.07 Å². The van der Waals surface area contributed by atoms with E-state index in [0.717, 1.165) is 5.56 Å². The Bertz CT molecular complexity index is 529. The van der Waals surface area contributed by atoms with Crippen molar-refractivity contribution in [2.75, 3.05) is 6.61 Å². The first-order valence-corrected chi connectivity index (χ1v) is 6.31. The molecule has 0 radical (unpaired) electrons. The van der Waals surface area contributed by atoms with Crippen molar-refractivity contribution >= 4 is 23.2 Å². The maximum absolute atomic E-state index is 8.71. The zero-order chi connectivity index (χ0) is 13.0. The summed E-state index contributed by atoms with van der Waals surface area (Å²) in [5.41, 5.74) is 0.899. The number of aliphatic hydroxyl groups excluding tert-OH is 1. The second-order valence-corrected chi connectivity index (χ2v) is 4.69. The molecule has 2 rings (SSSR count). The molecular weight excluding hydrogens is 275 g/mol. The van der Waals surface area contributed by atoms with Crippen molar-refractivity contribution in [2.24, 2.45) is 0 Å². The fraction of sp³-hybridized carbons (Fsp3) is 0.333. The Morgan fingerprint density at radius 2 is 2.11 bits per heavy atom. The fourth-order valence-electron chi connectivity index (χ4n) is 1.53. The molecule has 0 aliphatic rings. The summed E-state index contributed by atoms with van der Waals surface area (Å²) in [7, 11) is 0. The summed E-state index contributed by atoms with van der Waals surface area (Å²) in [5.74, 6) is 1.11. The summed E-state index contributed by atoms with van der Waals surface area (Å²) in [6.45, 7) is 0.112. The van der Waals surface area contributed by atoms with E-state index in [1.165, 1.54) is 0 Å². The number of hydrogen-bond acceptors (Lipinski definition) is 4. The van der Waals surface area contributed by atoms with Gasteiger partial charge in [0.05, 0.1) is 0 Å². The van der Waals surface area contributed by atoms with Gasteiger partial charge in [-0.25, -0.2) is 0 Å². The highest BCUT2D eigenvalue weighted by Gasteiger charge is 2.09.